The van der Waals surface area contributed by atoms with E-state index in [4.69, 9.17) is 0 Å². The van der Waals surface area contributed by atoms with Gasteiger partial charge in [0.25, 0.3) is 0 Å². The number of hydrogen-bond donors (Lipinski definition) is 1. The summed E-state index contributed by atoms with van der Waals surface area (Å²) in [6, 6.07) is 0.885. The van der Waals surface area contributed by atoms with Crippen molar-refractivity contribution in [2.45, 2.75) is 71.8 Å². The van der Waals surface area contributed by atoms with E-state index in [2.05, 4.69) is 26.1 Å². The van der Waals surface area contributed by atoms with Crippen molar-refractivity contribution < 1.29 is 0 Å². The Bertz CT molecular complexity index is 220. The normalized spacial score (nSPS) is 34.2. The predicted octanol–water partition coefficient (Wildman–Crippen LogP) is 4.23. The van der Waals surface area contributed by atoms with Crippen molar-refractivity contribution >= 4 is 0 Å². The van der Waals surface area contributed by atoms with Gasteiger partial charge in [-0.2, -0.15) is 0 Å². The summed E-state index contributed by atoms with van der Waals surface area (Å²) in [7, 11) is 0. The van der Waals surface area contributed by atoms with Crippen molar-refractivity contribution in [2.24, 2.45) is 23.7 Å². The minimum Gasteiger partial charge on any atom is -0.314 e. The van der Waals surface area contributed by atoms with Crippen LogP contribution >= 0.6 is 0 Å². The van der Waals surface area contributed by atoms with Crippen LogP contribution in [0.15, 0.2) is 0 Å². The highest BCUT2D eigenvalue weighted by Crippen LogP contribution is 2.40. The summed E-state index contributed by atoms with van der Waals surface area (Å²) in [6.07, 6.45) is 10.2. The third kappa shape index (κ3) is 3.98. The predicted molar refractivity (Wildman–Crippen MR) is 75.1 cm³/mol. The second kappa shape index (κ2) is 6.22. The monoisotopic (exact) mass is 237 g/mol. The molecule has 100 valence electrons. The van der Waals surface area contributed by atoms with Gasteiger partial charge in [-0.05, 0) is 55.9 Å². The SMILES string of the molecule is CCCC1CCC(CNC2CC2)C(C(C)C)C1. The third-order valence-electron chi connectivity index (χ3n) is 4.96. The van der Waals surface area contributed by atoms with Crippen LogP contribution in [0.5, 0.6) is 0 Å². The largest absolute Gasteiger partial charge is 0.314 e. The molecule has 0 heterocycles. The van der Waals surface area contributed by atoms with E-state index in [1.54, 1.807) is 0 Å². The Morgan fingerprint density at radius 1 is 1.12 bits per heavy atom. The maximum atomic E-state index is 3.76. The molecule has 0 aromatic rings. The standard InChI is InChI=1S/C16H31N/c1-4-5-13-6-7-14(11-17-15-8-9-15)16(10-13)12(2)3/h12-17H,4-11H2,1-3H3. The van der Waals surface area contributed by atoms with Crippen LogP contribution in [0.3, 0.4) is 0 Å². The molecule has 1 nitrogen and oxygen atoms in total. The molecule has 2 aliphatic carbocycles. The summed E-state index contributed by atoms with van der Waals surface area (Å²) < 4.78 is 0. The molecule has 0 saturated heterocycles. The molecule has 2 aliphatic rings. The average Bonchev–Trinajstić information content (AvgIpc) is 3.11. The lowest BCUT2D eigenvalue weighted by Gasteiger charge is -2.39. The van der Waals surface area contributed by atoms with E-state index < -0.39 is 0 Å². The number of rotatable bonds is 6. The van der Waals surface area contributed by atoms with Gasteiger partial charge >= 0.3 is 0 Å². The van der Waals surface area contributed by atoms with Crippen LogP contribution in [0.2, 0.25) is 0 Å². The summed E-state index contributed by atoms with van der Waals surface area (Å²) in [5.41, 5.74) is 0. The highest BCUT2D eigenvalue weighted by Gasteiger charge is 2.33. The first kappa shape index (κ1) is 13.4. The Hall–Kier alpha value is -0.0400. The van der Waals surface area contributed by atoms with E-state index in [9.17, 15) is 0 Å². The lowest BCUT2D eigenvalue weighted by atomic mass is 9.68. The van der Waals surface area contributed by atoms with Crippen LogP contribution in [-0.2, 0) is 0 Å². The molecular formula is C16H31N. The van der Waals surface area contributed by atoms with Gasteiger partial charge in [0.2, 0.25) is 0 Å². The summed E-state index contributed by atoms with van der Waals surface area (Å²) >= 11 is 0. The van der Waals surface area contributed by atoms with Gasteiger partial charge < -0.3 is 5.32 Å². The first-order valence-corrected chi connectivity index (χ1v) is 7.94. The van der Waals surface area contributed by atoms with E-state index in [1.807, 2.05) is 0 Å². The van der Waals surface area contributed by atoms with Gasteiger partial charge in [-0.3, -0.25) is 0 Å². The molecule has 3 atom stereocenters. The van der Waals surface area contributed by atoms with Crippen molar-refractivity contribution in [3.8, 4) is 0 Å². The lowest BCUT2D eigenvalue weighted by Crippen LogP contribution is -2.36. The van der Waals surface area contributed by atoms with E-state index >= 15 is 0 Å². The van der Waals surface area contributed by atoms with Gasteiger partial charge in [-0.25, -0.2) is 0 Å². The van der Waals surface area contributed by atoms with Crippen LogP contribution in [-0.4, -0.2) is 12.6 Å². The van der Waals surface area contributed by atoms with Crippen LogP contribution in [0.25, 0.3) is 0 Å². The summed E-state index contributed by atoms with van der Waals surface area (Å²) in [6.45, 7) is 8.50. The molecule has 0 aromatic carbocycles. The Morgan fingerprint density at radius 2 is 1.88 bits per heavy atom. The summed E-state index contributed by atoms with van der Waals surface area (Å²) in [4.78, 5) is 0. The molecule has 2 fully saturated rings. The minimum absolute atomic E-state index is 0.876. The zero-order valence-corrected chi connectivity index (χ0v) is 12.0. The summed E-state index contributed by atoms with van der Waals surface area (Å²) in [5.74, 6) is 3.85. The molecule has 3 unspecified atom stereocenters. The second-order valence-electron chi connectivity index (χ2n) is 6.82. The fourth-order valence-electron chi connectivity index (χ4n) is 3.70. The van der Waals surface area contributed by atoms with Crippen LogP contribution in [0.1, 0.15) is 65.7 Å². The van der Waals surface area contributed by atoms with Gasteiger partial charge in [0.1, 0.15) is 0 Å². The first-order valence-electron chi connectivity index (χ1n) is 7.94. The maximum absolute atomic E-state index is 3.76. The molecule has 1 N–H and O–H groups in total. The third-order valence-corrected chi connectivity index (χ3v) is 4.96. The smallest absolute Gasteiger partial charge is 0.00683 e. The maximum Gasteiger partial charge on any atom is 0.00683 e. The molecule has 0 aromatic heterocycles. The van der Waals surface area contributed by atoms with Gasteiger partial charge in [0.15, 0.2) is 0 Å². The fourth-order valence-corrected chi connectivity index (χ4v) is 3.70. The van der Waals surface area contributed by atoms with Gasteiger partial charge in [-0.1, -0.05) is 40.0 Å². The number of nitrogens with one attached hydrogen (secondary N) is 1. The molecule has 0 amide bonds. The zero-order chi connectivity index (χ0) is 12.3. The fraction of sp³-hybridized carbons (Fsp3) is 1.00. The van der Waals surface area contributed by atoms with Crippen molar-refractivity contribution in [3.05, 3.63) is 0 Å². The Labute approximate surface area is 108 Å². The van der Waals surface area contributed by atoms with Crippen molar-refractivity contribution in [1.29, 1.82) is 0 Å². The molecule has 0 spiro atoms. The second-order valence-corrected chi connectivity index (χ2v) is 6.82. The van der Waals surface area contributed by atoms with Gasteiger partial charge in [-0.15, -0.1) is 0 Å². The lowest BCUT2D eigenvalue weighted by molar-refractivity contribution is 0.127. The Kier molecular flexibility index (Phi) is 4.90. The first-order chi connectivity index (χ1) is 8.20. The van der Waals surface area contributed by atoms with E-state index in [-0.39, 0.29) is 0 Å². The molecule has 1 heteroatoms. The number of hydrogen-bond acceptors (Lipinski definition) is 1. The highest BCUT2D eigenvalue weighted by atomic mass is 14.9. The van der Waals surface area contributed by atoms with Crippen molar-refractivity contribution in [1.82, 2.24) is 5.32 Å². The topological polar surface area (TPSA) is 12.0 Å². The molecule has 0 radical (unpaired) electrons. The Morgan fingerprint density at radius 3 is 2.47 bits per heavy atom. The molecule has 2 saturated carbocycles. The summed E-state index contributed by atoms with van der Waals surface area (Å²) in [5, 5.41) is 3.76. The van der Waals surface area contributed by atoms with Crippen molar-refractivity contribution in [2.75, 3.05) is 6.54 Å². The molecule has 2 rings (SSSR count). The highest BCUT2D eigenvalue weighted by molar-refractivity contribution is 4.87. The van der Waals surface area contributed by atoms with Crippen LogP contribution in [0.4, 0.5) is 0 Å². The van der Waals surface area contributed by atoms with Gasteiger partial charge in [0.05, 0.1) is 0 Å². The van der Waals surface area contributed by atoms with E-state index in [1.165, 1.54) is 51.5 Å². The minimum atomic E-state index is 0.876. The zero-order valence-electron chi connectivity index (χ0n) is 12.0. The quantitative estimate of drug-likeness (QED) is 0.729. The molecular weight excluding hydrogens is 206 g/mol. The Balaban J connectivity index is 1.81. The van der Waals surface area contributed by atoms with Crippen LogP contribution < -0.4 is 5.32 Å². The molecule has 0 aliphatic heterocycles. The average molecular weight is 237 g/mol. The molecule has 17 heavy (non-hydrogen) atoms. The van der Waals surface area contributed by atoms with Gasteiger partial charge in [0, 0.05) is 6.04 Å². The van der Waals surface area contributed by atoms with Crippen molar-refractivity contribution in [3.63, 3.8) is 0 Å². The van der Waals surface area contributed by atoms with Crippen LogP contribution in [0, 0.1) is 23.7 Å². The van der Waals surface area contributed by atoms with E-state index in [0.29, 0.717) is 0 Å². The van der Waals surface area contributed by atoms with E-state index in [0.717, 1.165) is 29.7 Å². The molecule has 0 bridgehead atoms.